The highest BCUT2D eigenvalue weighted by atomic mass is 32.2. The maximum Gasteiger partial charge on any atom is 0.183 e. The summed E-state index contributed by atoms with van der Waals surface area (Å²) in [5, 5.41) is 0. The third kappa shape index (κ3) is 2.73. The van der Waals surface area contributed by atoms with Gasteiger partial charge in [-0.15, -0.1) is 0 Å². The second kappa shape index (κ2) is 4.52. The molecule has 1 atom stereocenters. The third-order valence-electron chi connectivity index (χ3n) is 3.61. The number of nitrogens with one attached hydrogen (secondary N) is 1. The Morgan fingerprint density at radius 3 is 3.05 bits per heavy atom. The number of imidazole rings is 1. The first-order chi connectivity index (χ1) is 9.02. The maximum atomic E-state index is 11.6. The first-order valence-electron chi connectivity index (χ1n) is 6.42. The van der Waals surface area contributed by atoms with Crippen LogP contribution in [0.1, 0.15) is 18.5 Å². The largest absolute Gasteiger partial charge is 0.343 e. The fourth-order valence-electron chi connectivity index (χ4n) is 2.76. The lowest BCUT2D eigenvalue weighted by atomic mass is 10.00. The molecule has 1 aliphatic heterocycles. The van der Waals surface area contributed by atoms with Gasteiger partial charge in [0.15, 0.2) is 15.3 Å². The van der Waals surface area contributed by atoms with E-state index in [4.69, 9.17) is 0 Å². The minimum absolute atomic E-state index is 0.0337. The zero-order chi connectivity index (χ0) is 13.5. The highest BCUT2D eigenvalue weighted by Crippen LogP contribution is 2.22. The predicted octanol–water partition coefficient (Wildman–Crippen LogP) is 0.995. The summed E-state index contributed by atoms with van der Waals surface area (Å²) in [5.41, 5.74) is 1.70. The van der Waals surface area contributed by atoms with E-state index < -0.39 is 9.84 Å². The number of fused-ring (bicyclic) bond motifs is 1. The molecule has 0 aliphatic carbocycles. The van der Waals surface area contributed by atoms with E-state index in [1.807, 2.05) is 10.6 Å². The molecular formula is C13H16N2O3S. The van der Waals surface area contributed by atoms with Crippen molar-refractivity contribution in [1.82, 2.24) is 9.38 Å². The van der Waals surface area contributed by atoms with E-state index in [0.717, 1.165) is 30.6 Å². The Bertz CT molecular complexity index is 758. The van der Waals surface area contributed by atoms with Crippen LogP contribution in [0.2, 0.25) is 0 Å². The van der Waals surface area contributed by atoms with Crippen molar-refractivity contribution in [2.75, 3.05) is 11.5 Å². The van der Waals surface area contributed by atoms with Gasteiger partial charge >= 0.3 is 0 Å². The summed E-state index contributed by atoms with van der Waals surface area (Å²) in [5.74, 6) is 0.781. The van der Waals surface area contributed by atoms with Crippen molar-refractivity contribution < 1.29 is 8.42 Å². The second-order valence-electron chi connectivity index (χ2n) is 5.26. The Labute approximate surface area is 111 Å². The molecular weight excluding hydrogens is 264 g/mol. The zero-order valence-electron chi connectivity index (χ0n) is 10.5. The van der Waals surface area contributed by atoms with Crippen LogP contribution in [0.25, 0.3) is 5.65 Å². The molecule has 102 valence electrons. The molecule has 1 saturated heterocycles. The average Bonchev–Trinajstić information content (AvgIpc) is 2.68. The Balaban J connectivity index is 1.83. The lowest BCUT2D eigenvalue weighted by molar-refractivity contribution is 0.480. The van der Waals surface area contributed by atoms with Crippen molar-refractivity contribution in [3.8, 4) is 0 Å². The van der Waals surface area contributed by atoms with Gasteiger partial charge in [-0.1, -0.05) is 0 Å². The van der Waals surface area contributed by atoms with E-state index in [2.05, 4.69) is 4.98 Å². The van der Waals surface area contributed by atoms with Gasteiger partial charge in [-0.05, 0) is 25.2 Å². The summed E-state index contributed by atoms with van der Waals surface area (Å²) in [6.07, 6.45) is 6.07. The van der Waals surface area contributed by atoms with Gasteiger partial charge in [0, 0.05) is 30.2 Å². The summed E-state index contributed by atoms with van der Waals surface area (Å²) in [4.78, 5) is 14.4. The minimum Gasteiger partial charge on any atom is -0.343 e. The van der Waals surface area contributed by atoms with E-state index >= 15 is 0 Å². The van der Waals surface area contributed by atoms with Crippen molar-refractivity contribution >= 4 is 15.5 Å². The number of hydrogen-bond donors (Lipinski definition) is 1. The van der Waals surface area contributed by atoms with E-state index in [1.54, 1.807) is 12.3 Å². The van der Waals surface area contributed by atoms with Gasteiger partial charge in [-0.2, -0.15) is 0 Å². The number of H-pyrrole nitrogens is 1. The monoisotopic (exact) mass is 280 g/mol. The Morgan fingerprint density at radius 1 is 1.42 bits per heavy atom. The molecule has 1 fully saturated rings. The number of pyridine rings is 1. The number of rotatable bonds is 2. The lowest BCUT2D eigenvalue weighted by Gasteiger charge is -2.20. The number of aromatic amines is 1. The van der Waals surface area contributed by atoms with Crippen LogP contribution in [-0.4, -0.2) is 29.3 Å². The fourth-order valence-corrected chi connectivity index (χ4v) is 4.54. The molecule has 2 aromatic heterocycles. The molecule has 6 heteroatoms. The zero-order valence-corrected chi connectivity index (χ0v) is 11.3. The minimum atomic E-state index is -2.86. The quantitative estimate of drug-likeness (QED) is 0.892. The predicted molar refractivity (Wildman–Crippen MR) is 73.1 cm³/mol. The first kappa shape index (κ1) is 12.5. The molecule has 5 nitrogen and oxygen atoms in total. The van der Waals surface area contributed by atoms with Crippen LogP contribution in [0.5, 0.6) is 0 Å². The van der Waals surface area contributed by atoms with Crippen LogP contribution in [0.15, 0.2) is 29.3 Å². The van der Waals surface area contributed by atoms with Crippen LogP contribution in [0, 0.1) is 5.92 Å². The van der Waals surface area contributed by atoms with Crippen molar-refractivity contribution in [3.05, 3.63) is 40.4 Å². The molecule has 0 saturated carbocycles. The molecule has 3 heterocycles. The van der Waals surface area contributed by atoms with E-state index in [0.29, 0.717) is 5.75 Å². The van der Waals surface area contributed by atoms with Crippen LogP contribution in [0.4, 0.5) is 0 Å². The normalized spacial score (nSPS) is 22.6. The average molecular weight is 280 g/mol. The maximum absolute atomic E-state index is 11.6. The molecule has 0 radical (unpaired) electrons. The van der Waals surface area contributed by atoms with Crippen molar-refractivity contribution in [3.63, 3.8) is 0 Å². The van der Waals surface area contributed by atoms with Crippen LogP contribution < -0.4 is 5.43 Å². The van der Waals surface area contributed by atoms with E-state index in [9.17, 15) is 13.2 Å². The van der Waals surface area contributed by atoms with E-state index in [-0.39, 0.29) is 17.1 Å². The van der Waals surface area contributed by atoms with Crippen LogP contribution in [-0.2, 0) is 16.3 Å². The summed E-state index contributed by atoms with van der Waals surface area (Å²) in [6, 6.07) is 3.05. The molecule has 1 aliphatic rings. The van der Waals surface area contributed by atoms with Crippen LogP contribution in [0.3, 0.4) is 0 Å². The van der Waals surface area contributed by atoms with Crippen molar-refractivity contribution in [1.29, 1.82) is 0 Å². The molecule has 19 heavy (non-hydrogen) atoms. The van der Waals surface area contributed by atoms with Gasteiger partial charge in [-0.3, -0.25) is 4.79 Å². The topological polar surface area (TPSA) is 71.4 Å². The highest BCUT2D eigenvalue weighted by Gasteiger charge is 2.25. The molecule has 1 N–H and O–H groups in total. The highest BCUT2D eigenvalue weighted by molar-refractivity contribution is 7.91. The SMILES string of the molecule is O=c1ccn2cc(CC3CCCS(=O)(=O)C3)[nH]c2c1. The molecule has 1 unspecified atom stereocenters. The molecule has 0 spiro atoms. The summed E-state index contributed by atoms with van der Waals surface area (Å²) in [7, 11) is -2.86. The van der Waals surface area contributed by atoms with Crippen molar-refractivity contribution in [2.24, 2.45) is 5.92 Å². The number of nitrogens with zero attached hydrogens (tertiary/aromatic N) is 1. The van der Waals surface area contributed by atoms with Gasteiger partial charge in [0.2, 0.25) is 0 Å². The van der Waals surface area contributed by atoms with Crippen LogP contribution >= 0.6 is 0 Å². The molecule has 0 bridgehead atoms. The van der Waals surface area contributed by atoms with Crippen molar-refractivity contribution in [2.45, 2.75) is 19.3 Å². The molecule has 2 aromatic rings. The first-order valence-corrected chi connectivity index (χ1v) is 8.24. The van der Waals surface area contributed by atoms with Gasteiger partial charge < -0.3 is 9.38 Å². The second-order valence-corrected chi connectivity index (χ2v) is 7.49. The Kier molecular flexibility index (Phi) is 2.97. The number of sulfone groups is 1. The Morgan fingerprint density at radius 2 is 2.26 bits per heavy atom. The number of hydrogen-bond acceptors (Lipinski definition) is 3. The summed E-state index contributed by atoms with van der Waals surface area (Å²) < 4.78 is 25.1. The summed E-state index contributed by atoms with van der Waals surface area (Å²) >= 11 is 0. The smallest absolute Gasteiger partial charge is 0.183 e. The summed E-state index contributed by atoms with van der Waals surface area (Å²) in [6.45, 7) is 0. The molecule has 0 aromatic carbocycles. The molecule has 0 amide bonds. The Hall–Kier alpha value is -1.56. The van der Waals surface area contributed by atoms with E-state index in [1.165, 1.54) is 6.07 Å². The van der Waals surface area contributed by atoms with Gasteiger partial charge in [-0.25, -0.2) is 8.42 Å². The molecule has 3 rings (SSSR count). The third-order valence-corrected chi connectivity index (χ3v) is 5.50. The fraction of sp³-hybridized carbons (Fsp3) is 0.462. The van der Waals surface area contributed by atoms with Gasteiger partial charge in [0.1, 0.15) is 5.65 Å². The van der Waals surface area contributed by atoms with Gasteiger partial charge in [0.05, 0.1) is 11.5 Å². The van der Waals surface area contributed by atoms with Gasteiger partial charge in [0.25, 0.3) is 0 Å². The number of aromatic nitrogens is 2. The lowest BCUT2D eigenvalue weighted by Crippen LogP contribution is -2.26. The standard InChI is InChI=1S/C13H16N2O3S/c16-12-3-4-15-8-11(14-13(15)7-12)6-10-2-1-5-19(17,18)9-10/h3-4,7-8,10,14H,1-2,5-6,9H2.